The van der Waals surface area contributed by atoms with Crippen molar-refractivity contribution < 1.29 is 19.0 Å². The minimum Gasteiger partial charge on any atom is -0.492 e. The van der Waals surface area contributed by atoms with Gasteiger partial charge in [-0.2, -0.15) is 0 Å². The normalized spacial score (nSPS) is 15.9. The second-order valence-corrected chi connectivity index (χ2v) is 4.73. The standard InChI is InChI=1S/C15H21NO4/c1-18-15-12(13(17)5-8-16)3-2-4-14(15)20-11-6-9-19-10-7-11/h2-4,11H,5-10,16H2,1H3. The molecular formula is C15H21NO4. The van der Waals surface area contributed by atoms with Gasteiger partial charge in [0.05, 0.1) is 25.9 Å². The third-order valence-electron chi connectivity index (χ3n) is 3.32. The first-order valence-electron chi connectivity index (χ1n) is 6.91. The molecule has 1 aliphatic rings. The molecule has 0 spiro atoms. The van der Waals surface area contributed by atoms with Crippen molar-refractivity contribution in [2.45, 2.75) is 25.4 Å². The largest absolute Gasteiger partial charge is 0.492 e. The molecule has 0 atom stereocenters. The van der Waals surface area contributed by atoms with E-state index in [9.17, 15) is 4.79 Å². The van der Waals surface area contributed by atoms with Gasteiger partial charge in [-0.25, -0.2) is 0 Å². The quantitative estimate of drug-likeness (QED) is 0.804. The van der Waals surface area contributed by atoms with Crippen LogP contribution < -0.4 is 15.2 Å². The first-order valence-corrected chi connectivity index (χ1v) is 6.91. The van der Waals surface area contributed by atoms with Gasteiger partial charge in [0.25, 0.3) is 0 Å². The predicted molar refractivity (Wildman–Crippen MR) is 75.5 cm³/mol. The zero-order valence-corrected chi connectivity index (χ0v) is 11.8. The fourth-order valence-electron chi connectivity index (χ4n) is 2.28. The Hall–Kier alpha value is -1.59. The van der Waals surface area contributed by atoms with Crippen LogP contribution >= 0.6 is 0 Å². The van der Waals surface area contributed by atoms with Gasteiger partial charge in [0, 0.05) is 19.3 Å². The summed E-state index contributed by atoms with van der Waals surface area (Å²) in [5.41, 5.74) is 5.97. The molecular weight excluding hydrogens is 258 g/mol. The molecule has 1 aromatic rings. The fourth-order valence-corrected chi connectivity index (χ4v) is 2.28. The lowest BCUT2D eigenvalue weighted by Crippen LogP contribution is -2.26. The molecule has 0 bridgehead atoms. The number of carbonyl (C=O) groups is 1. The summed E-state index contributed by atoms with van der Waals surface area (Å²) in [4.78, 5) is 12.0. The third-order valence-corrected chi connectivity index (χ3v) is 3.32. The smallest absolute Gasteiger partial charge is 0.171 e. The van der Waals surface area contributed by atoms with Crippen LogP contribution in [0.1, 0.15) is 29.6 Å². The van der Waals surface area contributed by atoms with Gasteiger partial charge >= 0.3 is 0 Å². The van der Waals surface area contributed by atoms with E-state index in [-0.39, 0.29) is 11.9 Å². The van der Waals surface area contributed by atoms with Crippen molar-refractivity contribution >= 4 is 5.78 Å². The number of benzene rings is 1. The van der Waals surface area contributed by atoms with Gasteiger partial charge < -0.3 is 19.9 Å². The maximum Gasteiger partial charge on any atom is 0.171 e. The van der Waals surface area contributed by atoms with E-state index in [0.29, 0.717) is 43.2 Å². The fraction of sp³-hybridized carbons (Fsp3) is 0.533. The Morgan fingerprint density at radius 3 is 2.80 bits per heavy atom. The second-order valence-electron chi connectivity index (χ2n) is 4.73. The summed E-state index contributed by atoms with van der Waals surface area (Å²) in [5, 5.41) is 0. The number of rotatable bonds is 6. The van der Waals surface area contributed by atoms with Crippen LogP contribution in [0, 0.1) is 0 Å². The van der Waals surface area contributed by atoms with E-state index < -0.39 is 0 Å². The van der Waals surface area contributed by atoms with Gasteiger partial charge in [-0.15, -0.1) is 0 Å². The highest BCUT2D eigenvalue weighted by molar-refractivity contribution is 5.99. The van der Waals surface area contributed by atoms with Gasteiger partial charge in [-0.3, -0.25) is 4.79 Å². The van der Waals surface area contributed by atoms with E-state index in [1.54, 1.807) is 19.2 Å². The zero-order valence-electron chi connectivity index (χ0n) is 11.8. The molecule has 20 heavy (non-hydrogen) atoms. The van der Waals surface area contributed by atoms with Crippen molar-refractivity contribution in [3.63, 3.8) is 0 Å². The van der Waals surface area contributed by atoms with Crippen molar-refractivity contribution in [1.82, 2.24) is 0 Å². The molecule has 0 unspecified atom stereocenters. The number of para-hydroxylation sites is 1. The summed E-state index contributed by atoms with van der Waals surface area (Å²) in [6, 6.07) is 5.38. The maximum absolute atomic E-state index is 12.0. The average molecular weight is 279 g/mol. The van der Waals surface area contributed by atoms with Gasteiger partial charge in [0.1, 0.15) is 6.10 Å². The van der Waals surface area contributed by atoms with E-state index >= 15 is 0 Å². The van der Waals surface area contributed by atoms with Gasteiger partial charge in [0.15, 0.2) is 17.3 Å². The molecule has 0 aromatic heterocycles. The van der Waals surface area contributed by atoms with Crippen LogP contribution in [0.3, 0.4) is 0 Å². The number of hydrogen-bond acceptors (Lipinski definition) is 5. The van der Waals surface area contributed by atoms with E-state index in [1.807, 2.05) is 6.07 Å². The number of ketones is 1. The van der Waals surface area contributed by atoms with Crippen molar-refractivity contribution in [3.05, 3.63) is 23.8 Å². The van der Waals surface area contributed by atoms with Crippen LogP contribution in [-0.4, -0.2) is 38.8 Å². The molecule has 2 rings (SSSR count). The summed E-state index contributed by atoms with van der Waals surface area (Å²) in [6.45, 7) is 1.74. The Balaban J connectivity index is 2.19. The van der Waals surface area contributed by atoms with E-state index in [2.05, 4.69) is 0 Å². The number of carbonyl (C=O) groups excluding carboxylic acids is 1. The number of Topliss-reactive ketones (excluding diaryl/α,β-unsaturated/α-hetero) is 1. The molecule has 0 amide bonds. The summed E-state index contributed by atoms with van der Waals surface area (Å²) in [5.74, 6) is 1.08. The highest BCUT2D eigenvalue weighted by atomic mass is 16.5. The Bertz CT molecular complexity index is 455. The van der Waals surface area contributed by atoms with E-state index in [4.69, 9.17) is 19.9 Å². The lowest BCUT2D eigenvalue weighted by Gasteiger charge is -2.24. The molecule has 1 aliphatic heterocycles. The van der Waals surface area contributed by atoms with E-state index in [1.165, 1.54) is 0 Å². The monoisotopic (exact) mass is 279 g/mol. The van der Waals surface area contributed by atoms with Crippen molar-refractivity contribution in [3.8, 4) is 11.5 Å². The topological polar surface area (TPSA) is 70.8 Å². The lowest BCUT2D eigenvalue weighted by atomic mass is 10.1. The first kappa shape index (κ1) is 14.8. The number of ether oxygens (including phenoxy) is 3. The number of nitrogens with two attached hydrogens (primary N) is 1. The highest BCUT2D eigenvalue weighted by Gasteiger charge is 2.20. The average Bonchev–Trinajstić information content (AvgIpc) is 2.48. The Labute approximate surface area is 119 Å². The van der Waals surface area contributed by atoms with Crippen LogP contribution in [0.15, 0.2) is 18.2 Å². The van der Waals surface area contributed by atoms with Crippen LogP contribution in [-0.2, 0) is 4.74 Å². The third kappa shape index (κ3) is 3.49. The molecule has 5 heteroatoms. The molecule has 0 aliphatic carbocycles. The molecule has 1 saturated heterocycles. The Kier molecular flexibility index (Phi) is 5.38. The summed E-state index contributed by atoms with van der Waals surface area (Å²) >= 11 is 0. The van der Waals surface area contributed by atoms with E-state index in [0.717, 1.165) is 12.8 Å². The van der Waals surface area contributed by atoms with Crippen LogP contribution in [0.2, 0.25) is 0 Å². The van der Waals surface area contributed by atoms with Crippen molar-refractivity contribution in [2.24, 2.45) is 5.73 Å². The summed E-state index contributed by atoms with van der Waals surface area (Å²) < 4.78 is 16.6. The van der Waals surface area contributed by atoms with Crippen molar-refractivity contribution in [2.75, 3.05) is 26.9 Å². The molecule has 1 fully saturated rings. The molecule has 0 saturated carbocycles. The Morgan fingerprint density at radius 2 is 2.15 bits per heavy atom. The summed E-state index contributed by atoms with van der Waals surface area (Å²) in [7, 11) is 1.55. The Morgan fingerprint density at radius 1 is 1.40 bits per heavy atom. The molecule has 0 radical (unpaired) electrons. The first-order chi connectivity index (χ1) is 9.76. The molecule has 2 N–H and O–H groups in total. The second kappa shape index (κ2) is 7.26. The molecule has 1 heterocycles. The SMILES string of the molecule is COc1c(OC2CCOCC2)cccc1C(=O)CCN. The van der Waals surface area contributed by atoms with Gasteiger partial charge in [0.2, 0.25) is 0 Å². The number of hydrogen-bond donors (Lipinski definition) is 1. The minimum atomic E-state index is -0.0261. The zero-order chi connectivity index (χ0) is 14.4. The lowest BCUT2D eigenvalue weighted by molar-refractivity contribution is 0.0245. The van der Waals surface area contributed by atoms with Crippen LogP contribution in [0.4, 0.5) is 0 Å². The van der Waals surface area contributed by atoms with Gasteiger partial charge in [-0.05, 0) is 18.7 Å². The van der Waals surface area contributed by atoms with Gasteiger partial charge in [-0.1, -0.05) is 6.07 Å². The minimum absolute atomic E-state index is 0.0261. The van der Waals surface area contributed by atoms with Crippen molar-refractivity contribution in [1.29, 1.82) is 0 Å². The summed E-state index contributed by atoms with van der Waals surface area (Å²) in [6.07, 6.45) is 2.11. The maximum atomic E-state index is 12.0. The number of methoxy groups -OCH3 is 1. The molecule has 110 valence electrons. The van der Waals surface area contributed by atoms with Crippen LogP contribution in [0.5, 0.6) is 11.5 Å². The molecule has 1 aromatic carbocycles. The molecule has 5 nitrogen and oxygen atoms in total. The van der Waals surface area contributed by atoms with Crippen LogP contribution in [0.25, 0.3) is 0 Å². The predicted octanol–water partition coefficient (Wildman–Crippen LogP) is 1.78. The highest BCUT2D eigenvalue weighted by Crippen LogP contribution is 2.33.